The zero-order valence-electron chi connectivity index (χ0n) is 13.4. The second kappa shape index (κ2) is 5.73. The molecule has 2 aromatic carbocycles. The van der Waals surface area contributed by atoms with Crippen molar-refractivity contribution in [2.24, 2.45) is 5.92 Å². The van der Waals surface area contributed by atoms with Crippen molar-refractivity contribution in [3.63, 3.8) is 0 Å². The van der Waals surface area contributed by atoms with E-state index in [1.807, 2.05) is 12.1 Å². The molecular weight excluding hydrogens is 342 g/mol. The van der Waals surface area contributed by atoms with E-state index >= 15 is 0 Å². The van der Waals surface area contributed by atoms with Crippen molar-refractivity contribution in [3.8, 4) is 0 Å². The first-order chi connectivity index (χ1) is 12.0. The topological polar surface area (TPSA) is 95.6 Å². The minimum atomic E-state index is -3.78. The molecule has 0 bridgehead atoms. The summed E-state index contributed by atoms with van der Waals surface area (Å²) >= 11 is 0. The number of carbonyl (C=O) groups is 2. The van der Waals surface area contributed by atoms with Crippen LogP contribution in [0.25, 0.3) is 10.8 Å². The van der Waals surface area contributed by atoms with Crippen LogP contribution in [0, 0.1) is 5.92 Å². The molecule has 1 fully saturated rings. The molecule has 7 nitrogen and oxygen atoms in total. The number of nitrogens with zero attached hydrogens (tertiary/aromatic N) is 1. The first-order valence-electron chi connectivity index (χ1n) is 8.11. The Bertz CT molecular complexity index is 977. The molecule has 1 aliphatic carbocycles. The van der Waals surface area contributed by atoms with Gasteiger partial charge in [0.05, 0.1) is 10.6 Å². The van der Waals surface area contributed by atoms with Crippen LogP contribution in [-0.4, -0.2) is 26.8 Å². The van der Waals surface area contributed by atoms with Gasteiger partial charge in [0.25, 0.3) is 15.9 Å². The van der Waals surface area contributed by atoms with E-state index in [1.165, 1.54) is 6.07 Å². The van der Waals surface area contributed by atoms with Gasteiger partial charge in [0, 0.05) is 11.3 Å². The number of hydrogen-bond acceptors (Lipinski definition) is 4. The van der Waals surface area contributed by atoms with Crippen LogP contribution in [0.5, 0.6) is 0 Å². The first kappa shape index (κ1) is 15.9. The summed E-state index contributed by atoms with van der Waals surface area (Å²) < 4.78 is 26.6. The van der Waals surface area contributed by atoms with E-state index in [9.17, 15) is 18.0 Å². The number of sulfonamides is 1. The van der Waals surface area contributed by atoms with Crippen LogP contribution in [-0.2, 0) is 19.6 Å². The monoisotopic (exact) mass is 359 g/mol. The zero-order valence-corrected chi connectivity index (χ0v) is 14.2. The highest BCUT2D eigenvalue weighted by Crippen LogP contribution is 2.41. The third-order valence-corrected chi connectivity index (χ3v) is 6.57. The second-order valence-electron chi connectivity index (χ2n) is 6.31. The average molecular weight is 359 g/mol. The van der Waals surface area contributed by atoms with Crippen LogP contribution in [0.2, 0.25) is 0 Å². The van der Waals surface area contributed by atoms with Gasteiger partial charge < -0.3 is 0 Å². The Balaban J connectivity index is 1.54. The van der Waals surface area contributed by atoms with Gasteiger partial charge in [-0.3, -0.25) is 24.7 Å². The van der Waals surface area contributed by atoms with Crippen molar-refractivity contribution in [1.29, 1.82) is 0 Å². The lowest BCUT2D eigenvalue weighted by Crippen LogP contribution is -2.49. The van der Waals surface area contributed by atoms with Crippen molar-refractivity contribution < 1.29 is 18.0 Å². The highest BCUT2D eigenvalue weighted by Gasteiger charge is 2.36. The summed E-state index contributed by atoms with van der Waals surface area (Å²) in [6, 6.07) is 10.3. The second-order valence-corrected chi connectivity index (χ2v) is 8.14. The van der Waals surface area contributed by atoms with E-state index in [0.29, 0.717) is 11.1 Å². The van der Waals surface area contributed by atoms with E-state index in [0.717, 1.165) is 29.0 Å². The SMILES string of the molecule is O=C(CN1c2cccc3cccc(c23)S1(=O)=O)NNC(=O)C1CCC1. The lowest BCUT2D eigenvalue weighted by atomic mass is 9.85. The Labute approximate surface area is 145 Å². The third-order valence-electron chi connectivity index (χ3n) is 4.77. The molecule has 0 unspecified atom stereocenters. The maximum atomic E-state index is 12.8. The number of amides is 2. The van der Waals surface area contributed by atoms with E-state index in [-0.39, 0.29) is 23.3 Å². The van der Waals surface area contributed by atoms with Gasteiger partial charge in [-0.25, -0.2) is 8.42 Å². The summed E-state index contributed by atoms with van der Waals surface area (Å²) in [5, 5.41) is 1.43. The molecule has 0 radical (unpaired) electrons. The molecule has 0 atom stereocenters. The summed E-state index contributed by atoms with van der Waals surface area (Å²) in [5.41, 5.74) is 5.16. The maximum Gasteiger partial charge on any atom is 0.265 e. The predicted octanol–water partition coefficient (Wildman–Crippen LogP) is 1.30. The summed E-state index contributed by atoms with van der Waals surface area (Å²) in [6.07, 6.45) is 2.65. The highest BCUT2D eigenvalue weighted by atomic mass is 32.2. The minimum Gasteiger partial charge on any atom is -0.273 e. The molecule has 2 N–H and O–H groups in total. The van der Waals surface area contributed by atoms with Gasteiger partial charge in [0.1, 0.15) is 6.54 Å². The fraction of sp³-hybridized carbons (Fsp3) is 0.294. The molecule has 2 amide bonds. The smallest absolute Gasteiger partial charge is 0.265 e. The van der Waals surface area contributed by atoms with Gasteiger partial charge in [-0.05, 0) is 30.4 Å². The lowest BCUT2D eigenvalue weighted by Gasteiger charge is -2.24. The molecule has 8 heteroatoms. The fourth-order valence-corrected chi connectivity index (χ4v) is 4.87. The number of hydrazine groups is 1. The van der Waals surface area contributed by atoms with Crippen LogP contribution in [0.4, 0.5) is 5.69 Å². The van der Waals surface area contributed by atoms with Crippen molar-refractivity contribution in [2.75, 3.05) is 10.8 Å². The molecule has 2 aromatic rings. The van der Waals surface area contributed by atoms with Crippen LogP contribution in [0.15, 0.2) is 41.3 Å². The Morgan fingerprint density at radius 2 is 1.80 bits per heavy atom. The average Bonchev–Trinajstić information content (AvgIpc) is 2.75. The van der Waals surface area contributed by atoms with Crippen LogP contribution < -0.4 is 15.2 Å². The fourth-order valence-electron chi connectivity index (χ4n) is 3.20. The minimum absolute atomic E-state index is 0.0613. The Kier molecular flexibility index (Phi) is 3.64. The van der Waals surface area contributed by atoms with Crippen LogP contribution in [0.3, 0.4) is 0 Å². The van der Waals surface area contributed by atoms with E-state index in [4.69, 9.17) is 0 Å². The highest BCUT2D eigenvalue weighted by molar-refractivity contribution is 7.93. The van der Waals surface area contributed by atoms with Gasteiger partial charge in [-0.15, -0.1) is 0 Å². The van der Waals surface area contributed by atoms with E-state index in [1.54, 1.807) is 18.2 Å². The number of anilines is 1. The molecule has 0 spiro atoms. The summed E-state index contributed by atoms with van der Waals surface area (Å²) in [6.45, 7) is -0.388. The number of carbonyl (C=O) groups excluding carboxylic acids is 2. The van der Waals surface area contributed by atoms with Crippen molar-refractivity contribution in [2.45, 2.75) is 24.2 Å². The molecule has 1 heterocycles. The van der Waals surface area contributed by atoms with Crippen molar-refractivity contribution >= 4 is 38.3 Å². The molecule has 1 aliphatic heterocycles. The molecular formula is C17H17N3O4S. The Morgan fingerprint density at radius 1 is 1.08 bits per heavy atom. The third kappa shape index (κ3) is 2.53. The van der Waals surface area contributed by atoms with Gasteiger partial charge >= 0.3 is 0 Å². The quantitative estimate of drug-likeness (QED) is 0.808. The summed E-state index contributed by atoms with van der Waals surface area (Å²) in [4.78, 5) is 24.1. The standard InChI is InChI=1S/C17H17N3O4S/c21-15(18-19-17(22)12-6-1-7-12)10-20-13-8-2-4-11-5-3-9-14(16(11)13)25(20,23)24/h2-5,8-9,12H,1,6-7,10H2,(H,18,21)(H,19,22). The van der Waals surface area contributed by atoms with Gasteiger partial charge in [0.2, 0.25) is 5.91 Å². The molecule has 0 saturated heterocycles. The lowest BCUT2D eigenvalue weighted by molar-refractivity contribution is -0.132. The molecule has 0 aromatic heterocycles. The number of hydrogen-bond donors (Lipinski definition) is 2. The molecule has 2 aliphatic rings. The molecule has 25 heavy (non-hydrogen) atoms. The van der Waals surface area contributed by atoms with Gasteiger partial charge in [-0.1, -0.05) is 30.7 Å². The number of nitrogens with one attached hydrogen (secondary N) is 2. The summed E-state index contributed by atoms with van der Waals surface area (Å²) in [5.74, 6) is -0.871. The van der Waals surface area contributed by atoms with Gasteiger partial charge in [-0.2, -0.15) is 0 Å². The van der Waals surface area contributed by atoms with E-state index in [2.05, 4.69) is 10.9 Å². The molecule has 1 saturated carbocycles. The van der Waals surface area contributed by atoms with Crippen LogP contribution in [0.1, 0.15) is 19.3 Å². The Hall–Kier alpha value is -2.61. The van der Waals surface area contributed by atoms with Crippen LogP contribution >= 0.6 is 0 Å². The Morgan fingerprint density at radius 3 is 2.48 bits per heavy atom. The number of benzene rings is 2. The van der Waals surface area contributed by atoms with Crippen molar-refractivity contribution in [3.05, 3.63) is 36.4 Å². The molecule has 4 rings (SSSR count). The molecule has 130 valence electrons. The number of rotatable bonds is 3. The largest absolute Gasteiger partial charge is 0.273 e. The van der Waals surface area contributed by atoms with E-state index < -0.39 is 15.9 Å². The maximum absolute atomic E-state index is 12.8. The zero-order chi connectivity index (χ0) is 17.6. The predicted molar refractivity (Wildman–Crippen MR) is 92.1 cm³/mol. The summed E-state index contributed by atoms with van der Waals surface area (Å²) in [7, 11) is -3.78. The normalized spacial score (nSPS) is 18.0. The first-order valence-corrected chi connectivity index (χ1v) is 9.55. The van der Waals surface area contributed by atoms with Gasteiger partial charge in [0.15, 0.2) is 0 Å². The van der Waals surface area contributed by atoms with Crippen molar-refractivity contribution in [1.82, 2.24) is 10.9 Å².